The van der Waals surface area contributed by atoms with Gasteiger partial charge < -0.3 is 21.9 Å². The first-order valence-electron chi connectivity index (χ1n) is 9.36. The Hall–Kier alpha value is -0.248. The summed E-state index contributed by atoms with van der Waals surface area (Å²) >= 11 is -0.660. The molecule has 6 unspecified atom stereocenters. The maximum Gasteiger partial charge on any atom is 0.668 e. The van der Waals surface area contributed by atoms with Crippen LogP contribution in [0, 0.1) is 17.8 Å². The van der Waals surface area contributed by atoms with E-state index in [0.29, 0.717) is 12.5 Å². The molecule has 5 nitrogen and oxygen atoms in total. The van der Waals surface area contributed by atoms with Crippen LogP contribution in [-0.2, 0) is 21.9 Å². The fraction of sp³-hybridized carbons (Fsp3) is 0.889. The van der Waals surface area contributed by atoms with Crippen molar-refractivity contribution in [2.45, 2.75) is 77.1 Å². The summed E-state index contributed by atoms with van der Waals surface area (Å²) in [6.45, 7) is 4.87. The summed E-state index contributed by atoms with van der Waals surface area (Å²) in [4.78, 5) is 22.6. The van der Waals surface area contributed by atoms with Crippen LogP contribution in [0.3, 0.4) is 0 Å². The zero-order valence-corrected chi connectivity index (χ0v) is 16.0. The van der Waals surface area contributed by atoms with Crippen molar-refractivity contribution >= 4 is 28.5 Å². The Morgan fingerprint density at radius 2 is 1.54 bits per heavy atom. The largest absolute Gasteiger partial charge is 0.668 e. The molecule has 0 spiro atoms. The van der Waals surface area contributed by atoms with Gasteiger partial charge in [0.1, 0.15) is 12.6 Å². The lowest BCUT2D eigenvalue weighted by atomic mass is 9.79. The van der Waals surface area contributed by atoms with E-state index in [-0.39, 0.29) is 30.1 Å². The summed E-state index contributed by atoms with van der Waals surface area (Å²) in [7, 11) is 0. The molecule has 2 aliphatic carbocycles. The zero-order valence-electron chi connectivity index (χ0n) is 14.9. The second kappa shape index (κ2) is 10.7. The lowest BCUT2D eigenvalue weighted by Gasteiger charge is -2.36. The highest BCUT2D eigenvalue weighted by molar-refractivity contribution is 6.18. The Kier molecular flexibility index (Phi) is 8.93. The third-order valence-electron chi connectivity index (χ3n) is 5.54. The number of rotatable bonds is 9. The molecule has 0 bridgehead atoms. The Labute approximate surface area is 152 Å². The van der Waals surface area contributed by atoms with Crippen LogP contribution in [0.15, 0.2) is 0 Å². The predicted octanol–water partition coefficient (Wildman–Crippen LogP) is 2.72. The highest BCUT2D eigenvalue weighted by atomic mass is 27.2. The lowest BCUT2D eigenvalue weighted by molar-refractivity contribution is -0.118. The number of carbonyl (C=O) groups is 2. The normalized spacial score (nSPS) is 36.9. The monoisotopic (exact) mass is 353 g/mol. The molecule has 0 amide bonds. The molecule has 0 aromatic rings. The van der Waals surface area contributed by atoms with E-state index in [1.165, 1.54) is 0 Å². The minimum absolute atomic E-state index is 0.00621. The van der Waals surface area contributed by atoms with Crippen molar-refractivity contribution in [2.24, 2.45) is 17.8 Å². The molecule has 0 heterocycles. The van der Waals surface area contributed by atoms with Crippen LogP contribution in [0.5, 0.6) is 0 Å². The molecule has 0 saturated heterocycles. The average Bonchev–Trinajstić information content (AvgIpc) is 2.62. The first-order valence-corrected chi connectivity index (χ1v) is 10.3. The summed E-state index contributed by atoms with van der Waals surface area (Å²) in [5.41, 5.74) is 0. The SMILES string of the molecule is CCOC1CCC(C=O)C([O][Al][O]C2CC(CC)CCC2C=O)C1. The van der Waals surface area contributed by atoms with Crippen molar-refractivity contribution in [3.05, 3.63) is 0 Å². The second-order valence-corrected chi connectivity index (χ2v) is 7.76. The summed E-state index contributed by atoms with van der Waals surface area (Å²) < 4.78 is 17.6. The molecule has 0 aliphatic heterocycles. The van der Waals surface area contributed by atoms with E-state index in [1.807, 2.05) is 6.92 Å². The summed E-state index contributed by atoms with van der Waals surface area (Å²) in [5.74, 6) is 0.577. The molecule has 24 heavy (non-hydrogen) atoms. The molecular weight excluding hydrogens is 323 g/mol. The Morgan fingerprint density at radius 1 is 0.917 bits per heavy atom. The average molecular weight is 353 g/mol. The predicted molar refractivity (Wildman–Crippen MR) is 91.5 cm³/mol. The smallest absolute Gasteiger partial charge is 0.481 e. The van der Waals surface area contributed by atoms with E-state index in [1.54, 1.807) is 0 Å². The van der Waals surface area contributed by atoms with E-state index in [0.717, 1.165) is 57.5 Å². The van der Waals surface area contributed by atoms with E-state index in [2.05, 4.69) is 6.92 Å². The van der Waals surface area contributed by atoms with Crippen molar-refractivity contribution in [3.8, 4) is 0 Å². The van der Waals surface area contributed by atoms with Gasteiger partial charge in [-0.2, -0.15) is 0 Å². The Bertz CT molecular complexity index is 392. The van der Waals surface area contributed by atoms with Crippen molar-refractivity contribution in [3.63, 3.8) is 0 Å². The van der Waals surface area contributed by atoms with Gasteiger partial charge in [0.15, 0.2) is 0 Å². The molecule has 0 N–H and O–H groups in total. The fourth-order valence-electron chi connectivity index (χ4n) is 3.91. The molecule has 6 heteroatoms. The number of ether oxygens (including phenoxy) is 1. The van der Waals surface area contributed by atoms with Crippen LogP contribution in [-0.4, -0.2) is 53.4 Å². The van der Waals surface area contributed by atoms with E-state index in [4.69, 9.17) is 12.3 Å². The molecule has 0 aromatic heterocycles. The molecule has 135 valence electrons. The highest BCUT2D eigenvalue weighted by Crippen LogP contribution is 2.32. The number of hydrogen-bond donors (Lipinski definition) is 0. The molecule has 0 aromatic carbocycles. The van der Waals surface area contributed by atoms with Crippen LogP contribution in [0.1, 0.15) is 58.8 Å². The fourth-order valence-corrected chi connectivity index (χ4v) is 4.88. The van der Waals surface area contributed by atoms with E-state index in [9.17, 15) is 9.59 Å². The summed E-state index contributed by atoms with van der Waals surface area (Å²) in [6.07, 6.45) is 8.70. The van der Waals surface area contributed by atoms with Gasteiger partial charge in [-0.25, -0.2) is 0 Å². The molecular formula is C18H30AlO5. The minimum atomic E-state index is -0.660. The molecule has 2 rings (SSSR count). The van der Waals surface area contributed by atoms with Gasteiger partial charge in [0.25, 0.3) is 0 Å². The highest BCUT2D eigenvalue weighted by Gasteiger charge is 2.34. The van der Waals surface area contributed by atoms with Crippen molar-refractivity contribution in [1.29, 1.82) is 0 Å². The van der Waals surface area contributed by atoms with Gasteiger partial charge in [0, 0.05) is 30.7 Å². The van der Waals surface area contributed by atoms with E-state index < -0.39 is 15.9 Å². The van der Waals surface area contributed by atoms with Crippen LogP contribution >= 0.6 is 0 Å². The van der Waals surface area contributed by atoms with Gasteiger partial charge in [-0.05, 0) is 51.4 Å². The standard InChI is InChI=1S/C9H15O3.C9H15O2.Al/c1-2-12-8-4-3-7(6-10)9(11)5-8;1-2-7-3-4-8(6-10)9(11)5-7;/h6-9H,2-5H2,1H3;6-9H,2-5H2,1H3;/q2*-1;+2. The topological polar surface area (TPSA) is 61.8 Å². The van der Waals surface area contributed by atoms with E-state index >= 15 is 0 Å². The molecule has 1 radical (unpaired) electrons. The van der Waals surface area contributed by atoms with Gasteiger partial charge in [-0.3, -0.25) is 0 Å². The summed E-state index contributed by atoms with van der Waals surface area (Å²) in [6, 6.07) is 0. The van der Waals surface area contributed by atoms with Crippen molar-refractivity contribution < 1.29 is 21.9 Å². The number of aldehydes is 2. The van der Waals surface area contributed by atoms with Crippen molar-refractivity contribution in [1.82, 2.24) is 0 Å². The third kappa shape index (κ3) is 5.64. The molecule has 2 aliphatic rings. The van der Waals surface area contributed by atoms with Gasteiger partial charge in [-0.15, -0.1) is 0 Å². The maximum atomic E-state index is 11.3. The molecule has 2 fully saturated rings. The van der Waals surface area contributed by atoms with Crippen LogP contribution in [0.4, 0.5) is 0 Å². The van der Waals surface area contributed by atoms with Crippen LogP contribution < -0.4 is 0 Å². The minimum Gasteiger partial charge on any atom is -0.481 e. The van der Waals surface area contributed by atoms with Gasteiger partial charge in [0.05, 0.1) is 6.10 Å². The zero-order chi connectivity index (χ0) is 17.4. The Morgan fingerprint density at radius 3 is 2.12 bits per heavy atom. The first kappa shape index (κ1) is 20.1. The van der Waals surface area contributed by atoms with Gasteiger partial charge in [-0.1, -0.05) is 13.3 Å². The van der Waals surface area contributed by atoms with Crippen LogP contribution in [0.25, 0.3) is 0 Å². The quantitative estimate of drug-likeness (QED) is 0.471. The third-order valence-corrected chi connectivity index (χ3v) is 6.46. The van der Waals surface area contributed by atoms with Crippen molar-refractivity contribution in [2.75, 3.05) is 6.61 Å². The maximum absolute atomic E-state index is 11.3. The number of hydrogen-bond acceptors (Lipinski definition) is 5. The Balaban J connectivity index is 1.81. The first-order chi connectivity index (χ1) is 11.7. The van der Waals surface area contributed by atoms with Gasteiger partial charge >= 0.3 is 15.9 Å². The lowest BCUT2D eigenvalue weighted by Crippen LogP contribution is -2.39. The van der Waals surface area contributed by atoms with Crippen LogP contribution in [0.2, 0.25) is 0 Å². The summed E-state index contributed by atoms with van der Waals surface area (Å²) in [5, 5.41) is 0. The number of carbonyl (C=O) groups excluding carboxylic acids is 2. The molecule has 6 atom stereocenters. The van der Waals surface area contributed by atoms with Gasteiger partial charge in [0.2, 0.25) is 0 Å². The second-order valence-electron chi connectivity index (χ2n) is 7.02. The molecule has 2 saturated carbocycles.